The summed E-state index contributed by atoms with van der Waals surface area (Å²) < 4.78 is 4.64. The minimum absolute atomic E-state index is 0.0561. The molecule has 1 atom stereocenters. The van der Waals surface area contributed by atoms with Crippen LogP contribution < -0.4 is 10.6 Å². The molecular formula is C14H20N2O4S. The van der Waals surface area contributed by atoms with Crippen LogP contribution in [0.5, 0.6) is 0 Å². The van der Waals surface area contributed by atoms with Gasteiger partial charge in [-0.15, -0.1) is 11.3 Å². The topological polar surface area (TPSA) is 84.5 Å². The van der Waals surface area contributed by atoms with Crippen LogP contribution in [0.1, 0.15) is 38.1 Å². The Bertz CT molecular complexity index is 511. The van der Waals surface area contributed by atoms with E-state index < -0.39 is 17.6 Å². The molecule has 0 saturated heterocycles. The number of thiophene rings is 1. The Labute approximate surface area is 127 Å². The van der Waals surface area contributed by atoms with Crippen molar-refractivity contribution >= 4 is 29.1 Å². The number of amides is 2. The normalized spacial score (nSPS) is 12.4. The van der Waals surface area contributed by atoms with Gasteiger partial charge in [0.15, 0.2) is 0 Å². The van der Waals surface area contributed by atoms with Crippen molar-refractivity contribution in [2.75, 3.05) is 7.11 Å². The molecule has 0 aromatic carbocycles. The van der Waals surface area contributed by atoms with Gasteiger partial charge in [-0.25, -0.2) is 4.79 Å². The molecule has 0 aliphatic carbocycles. The number of ether oxygens (including phenoxy) is 1. The molecule has 6 nitrogen and oxygen atoms in total. The van der Waals surface area contributed by atoms with Gasteiger partial charge in [0.05, 0.1) is 19.6 Å². The molecule has 7 heteroatoms. The lowest BCUT2D eigenvalue weighted by Crippen LogP contribution is -2.51. The van der Waals surface area contributed by atoms with E-state index in [9.17, 15) is 14.4 Å². The van der Waals surface area contributed by atoms with Crippen LogP contribution in [0.3, 0.4) is 0 Å². The van der Waals surface area contributed by atoms with Gasteiger partial charge in [-0.3, -0.25) is 9.59 Å². The zero-order valence-corrected chi connectivity index (χ0v) is 13.4. The van der Waals surface area contributed by atoms with Crippen LogP contribution in [0.25, 0.3) is 0 Å². The third-order valence-corrected chi connectivity index (χ3v) is 3.79. The molecule has 1 aromatic heterocycles. The lowest BCUT2D eigenvalue weighted by Gasteiger charge is -2.24. The number of methoxy groups -OCH3 is 1. The smallest absolute Gasteiger partial charge is 0.330 e. The summed E-state index contributed by atoms with van der Waals surface area (Å²) in [6.07, 6.45) is 0.0561. The molecule has 0 saturated carbocycles. The van der Waals surface area contributed by atoms with Crippen LogP contribution in [0.4, 0.5) is 0 Å². The number of nitrogens with one attached hydrogen (secondary N) is 2. The predicted octanol–water partition coefficient (Wildman–Crippen LogP) is 1.38. The molecule has 0 bridgehead atoms. The molecule has 1 rings (SSSR count). The van der Waals surface area contributed by atoms with Gasteiger partial charge in [-0.2, -0.15) is 0 Å². The number of hydrogen-bond donors (Lipinski definition) is 2. The summed E-state index contributed by atoms with van der Waals surface area (Å²) in [5, 5.41) is 7.22. The highest BCUT2D eigenvalue weighted by Crippen LogP contribution is 2.22. The maximum atomic E-state index is 12.1. The van der Waals surface area contributed by atoms with E-state index in [4.69, 9.17) is 0 Å². The Hall–Kier alpha value is -1.89. The number of esters is 1. The third kappa shape index (κ3) is 5.18. The first-order valence-corrected chi connectivity index (χ1v) is 7.34. The van der Waals surface area contributed by atoms with Crippen LogP contribution in [0.15, 0.2) is 17.5 Å². The van der Waals surface area contributed by atoms with Crippen molar-refractivity contribution in [2.24, 2.45) is 0 Å². The SMILES string of the molecule is COC(=O)C(C)(C)NC(=O)CC(NC(C)=O)c1cccs1. The van der Waals surface area contributed by atoms with E-state index in [0.717, 1.165) is 4.88 Å². The predicted molar refractivity (Wildman–Crippen MR) is 79.7 cm³/mol. The summed E-state index contributed by atoms with van der Waals surface area (Å²) in [6.45, 7) is 4.53. The summed E-state index contributed by atoms with van der Waals surface area (Å²) in [7, 11) is 1.27. The second-order valence-electron chi connectivity index (χ2n) is 5.14. The van der Waals surface area contributed by atoms with Gasteiger partial charge < -0.3 is 15.4 Å². The summed E-state index contributed by atoms with van der Waals surface area (Å²) in [5.41, 5.74) is -1.11. The van der Waals surface area contributed by atoms with E-state index in [1.165, 1.54) is 25.4 Å². The van der Waals surface area contributed by atoms with Crippen molar-refractivity contribution in [2.45, 2.75) is 38.8 Å². The zero-order chi connectivity index (χ0) is 16.0. The summed E-state index contributed by atoms with van der Waals surface area (Å²) in [4.78, 5) is 35.8. The number of carbonyl (C=O) groups excluding carboxylic acids is 3. The molecular weight excluding hydrogens is 292 g/mol. The van der Waals surface area contributed by atoms with Gasteiger partial charge in [0, 0.05) is 11.8 Å². The van der Waals surface area contributed by atoms with Crippen LogP contribution in [0.2, 0.25) is 0 Å². The van der Waals surface area contributed by atoms with E-state index in [1.807, 2.05) is 17.5 Å². The molecule has 116 valence electrons. The molecule has 1 aromatic rings. The molecule has 0 aliphatic heterocycles. The van der Waals surface area contributed by atoms with Gasteiger partial charge in [0.25, 0.3) is 0 Å². The third-order valence-electron chi connectivity index (χ3n) is 2.80. The van der Waals surface area contributed by atoms with Crippen LogP contribution >= 0.6 is 11.3 Å². The molecule has 1 heterocycles. The quantitative estimate of drug-likeness (QED) is 0.777. The molecule has 2 N–H and O–H groups in total. The number of rotatable bonds is 6. The summed E-state index contributed by atoms with van der Waals surface area (Å²) in [6, 6.07) is 3.30. The van der Waals surface area contributed by atoms with E-state index >= 15 is 0 Å². The van der Waals surface area contributed by atoms with E-state index in [-0.39, 0.29) is 18.2 Å². The fourth-order valence-corrected chi connectivity index (χ4v) is 2.63. The monoisotopic (exact) mass is 312 g/mol. The highest BCUT2D eigenvalue weighted by atomic mass is 32.1. The molecule has 0 aliphatic rings. The maximum absolute atomic E-state index is 12.1. The van der Waals surface area contributed by atoms with Gasteiger partial charge in [-0.1, -0.05) is 6.07 Å². The van der Waals surface area contributed by atoms with Crippen molar-refractivity contribution in [3.05, 3.63) is 22.4 Å². The van der Waals surface area contributed by atoms with Gasteiger partial charge in [0.2, 0.25) is 11.8 Å². The second-order valence-corrected chi connectivity index (χ2v) is 6.12. The van der Waals surface area contributed by atoms with Crippen molar-refractivity contribution in [3.63, 3.8) is 0 Å². The van der Waals surface area contributed by atoms with Crippen molar-refractivity contribution in [1.82, 2.24) is 10.6 Å². The average Bonchev–Trinajstić information content (AvgIpc) is 2.89. The molecule has 0 radical (unpaired) electrons. The summed E-state index contributed by atoms with van der Waals surface area (Å²) >= 11 is 1.46. The minimum atomic E-state index is -1.11. The van der Waals surface area contributed by atoms with Crippen LogP contribution in [-0.2, 0) is 19.1 Å². The fourth-order valence-electron chi connectivity index (χ4n) is 1.85. The number of carbonyl (C=O) groups is 3. The highest BCUT2D eigenvalue weighted by Gasteiger charge is 2.31. The zero-order valence-electron chi connectivity index (χ0n) is 12.6. The summed E-state index contributed by atoms with van der Waals surface area (Å²) in [5.74, 6) is -1.07. The first-order chi connectivity index (χ1) is 9.76. The van der Waals surface area contributed by atoms with Crippen molar-refractivity contribution < 1.29 is 19.1 Å². The molecule has 0 fully saturated rings. The van der Waals surface area contributed by atoms with Crippen molar-refractivity contribution in [3.8, 4) is 0 Å². The minimum Gasteiger partial charge on any atom is -0.467 e. The molecule has 21 heavy (non-hydrogen) atoms. The molecule has 1 unspecified atom stereocenters. The van der Waals surface area contributed by atoms with E-state index in [1.54, 1.807) is 13.8 Å². The fraction of sp³-hybridized carbons (Fsp3) is 0.500. The van der Waals surface area contributed by atoms with E-state index in [2.05, 4.69) is 15.4 Å². The van der Waals surface area contributed by atoms with E-state index in [0.29, 0.717) is 0 Å². The van der Waals surface area contributed by atoms with Crippen LogP contribution in [0, 0.1) is 0 Å². The van der Waals surface area contributed by atoms with Crippen LogP contribution in [-0.4, -0.2) is 30.4 Å². The first kappa shape index (κ1) is 17.2. The standard InChI is InChI=1S/C14H20N2O4S/c1-9(17)15-10(11-6-5-7-21-11)8-12(18)16-14(2,3)13(19)20-4/h5-7,10H,8H2,1-4H3,(H,15,17)(H,16,18). The lowest BCUT2D eigenvalue weighted by molar-refractivity contribution is -0.149. The Morgan fingerprint density at radius 1 is 1.38 bits per heavy atom. The van der Waals surface area contributed by atoms with Crippen molar-refractivity contribution in [1.29, 1.82) is 0 Å². The van der Waals surface area contributed by atoms with Gasteiger partial charge >= 0.3 is 5.97 Å². The molecule has 0 spiro atoms. The number of hydrogen-bond acceptors (Lipinski definition) is 5. The second kappa shape index (κ2) is 7.21. The Morgan fingerprint density at radius 2 is 2.05 bits per heavy atom. The Morgan fingerprint density at radius 3 is 2.52 bits per heavy atom. The van der Waals surface area contributed by atoms with Gasteiger partial charge in [-0.05, 0) is 25.3 Å². The van der Waals surface area contributed by atoms with Gasteiger partial charge in [0.1, 0.15) is 5.54 Å². The first-order valence-electron chi connectivity index (χ1n) is 6.46. The largest absolute Gasteiger partial charge is 0.467 e. The average molecular weight is 312 g/mol. The molecule has 2 amide bonds. The highest BCUT2D eigenvalue weighted by molar-refractivity contribution is 7.10. The lowest BCUT2D eigenvalue weighted by atomic mass is 10.0. The maximum Gasteiger partial charge on any atom is 0.330 e. The Balaban J connectivity index is 2.73. The Kier molecular flexibility index (Phi) is 5.90.